The summed E-state index contributed by atoms with van der Waals surface area (Å²) in [6.45, 7) is 3.98. The SMILES string of the molecule is CCOC1CCC(Nc2ncc3nc(Nc4c(F)cccc4F)n(C4CCOCC4)c3n2)CC1. The van der Waals surface area contributed by atoms with Gasteiger partial charge < -0.3 is 20.1 Å². The van der Waals surface area contributed by atoms with Crippen molar-refractivity contribution >= 4 is 28.7 Å². The number of halogens is 2. The first-order chi connectivity index (χ1) is 16.6. The molecule has 0 bridgehead atoms. The summed E-state index contributed by atoms with van der Waals surface area (Å²) in [6, 6.07) is 4.09. The highest BCUT2D eigenvalue weighted by atomic mass is 19.1. The molecule has 2 fully saturated rings. The second kappa shape index (κ2) is 10.2. The van der Waals surface area contributed by atoms with Crippen LogP contribution < -0.4 is 10.6 Å². The lowest BCUT2D eigenvalue weighted by atomic mass is 9.93. The predicted octanol–water partition coefficient (Wildman–Crippen LogP) is 4.96. The van der Waals surface area contributed by atoms with E-state index < -0.39 is 11.6 Å². The van der Waals surface area contributed by atoms with Gasteiger partial charge in [0, 0.05) is 31.9 Å². The Morgan fingerprint density at radius 1 is 1.06 bits per heavy atom. The van der Waals surface area contributed by atoms with Crippen LogP contribution in [-0.2, 0) is 9.47 Å². The van der Waals surface area contributed by atoms with Gasteiger partial charge in [0.05, 0.1) is 12.3 Å². The van der Waals surface area contributed by atoms with E-state index in [1.807, 2.05) is 11.5 Å². The van der Waals surface area contributed by atoms with E-state index >= 15 is 0 Å². The van der Waals surface area contributed by atoms with E-state index in [1.54, 1.807) is 6.20 Å². The molecule has 0 atom stereocenters. The average molecular weight is 473 g/mol. The van der Waals surface area contributed by atoms with Crippen LogP contribution in [0.25, 0.3) is 11.2 Å². The number of nitrogens with one attached hydrogen (secondary N) is 2. The van der Waals surface area contributed by atoms with Crippen LogP contribution in [-0.4, -0.2) is 51.5 Å². The van der Waals surface area contributed by atoms with Crippen molar-refractivity contribution in [2.45, 2.75) is 63.6 Å². The number of imidazole rings is 1. The number of hydrogen-bond donors (Lipinski definition) is 2. The quantitative estimate of drug-likeness (QED) is 0.503. The molecule has 1 saturated heterocycles. The molecule has 3 heterocycles. The Bertz CT molecular complexity index is 1110. The van der Waals surface area contributed by atoms with E-state index in [0.29, 0.717) is 42.4 Å². The fourth-order valence-corrected chi connectivity index (χ4v) is 4.86. The molecular formula is C24H30F2N6O2. The third-order valence-corrected chi connectivity index (χ3v) is 6.60. The van der Waals surface area contributed by atoms with Crippen LogP contribution in [0, 0.1) is 11.6 Å². The summed E-state index contributed by atoms with van der Waals surface area (Å²) in [7, 11) is 0. The number of nitrogens with zero attached hydrogens (tertiary/aromatic N) is 4. The number of hydrogen-bond acceptors (Lipinski definition) is 7. The van der Waals surface area contributed by atoms with Gasteiger partial charge in [-0.3, -0.25) is 4.57 Å². The molecule has 1 aliphatic carbocycles. The van der Waals surface area contributed by atoms with Crippen LogP contribution in [0.5, 0.6) is 0 Å². The van der Waals surface area contributed by atoms with Crippen molar-refractivity contribution in [3.63, 3.8) is 0 Å². The van der Waals surface area contributed by atoms with Gasteiger partial charge in [0.2, 0.25) is 11.9 Å². The van der Waals surface area contributed by atoms with Crippen molar-refractivity contribution < 1.29 is 18.3 Å². The van der Waals surface area contributed by atoms with E-state index in [4.69, 9.17) is 14.5 Å². The van der Waals surface area contributed by atoms with Crippen LogP contribution >= 0.6 is 0 Å². The minimum Gasteiger partial charge on any atom is -0.381 e. The number of rotatable bonds is 7. The van der Waals surface area contributed by atoms with Crippen molar-refractivity contribution in [3.05, 3.63) is 36.0 Å². The lowest BCUT2D eigenvalue weighted by Crippen LogP contribution is -2.30. The monoisotopic (exact) mass is 472 g/mol. The molecule has 8 nitrogen and oxygen atoms in total. The first-order valence-corrected chi connectivity index (χ1v) is 12.0. The van der Waals surface area contributed by atoms with Crippen molar-refractivity contribution in [1.29, 1.82) is 0 Å². The molecule has 1 aliphatic heterocycles. The van der Waals surface area contributed by atoms with Crippen LogP contribution in [0.4, 0.5) is 26.4 Å². The van der Waals surface area contributed by atoms with Gasteiger partial charge in [-0.1, -0.05) is 6.07 Å². The maximum atomic E-state index is 14.4. The molecule has 34 heavy (non-hydrogen) atoms. The van der Waals surface area contributed by atoms with Crippen molar-refractivity contribution in [3.8, 4) is 0 Å². The minimum absolute atomic E-state index is 0.0421. The Morgan fingerprint density at radius 3 is 2.50 bits per heavy atom. The topological polar surface area (TPSA) is 86.1 Å². The van der Waals surface area contributed by atoms with E-state index in [1.165, 1.54) is 18.2 Å². The lowest BCUT2D eigenvalue weighted by Gasteiger charge is -2.29. The smallest absolute Gasteiger partial charge is 0.224 e. The highest BCUT2D eigenvalue weighted by Crippen LogP contribution is 2.33. The lowest BCUT2D eigenvalue weighted by molar-refractivity contribution is 0.0346. The molecule has 0 radical (unpaired) electrons. The maximum absolute atomic E-state index is 14.4. The van der Waals surface area contributed by atoms with Crippen molar-refractivity contribution in [1.82, 2.24) is 19.5 Å². The molecule has 2 N–H and O–H groups in total. The normalized spacial score (nSPS) is 21.6. The summed E-state index contributed by atoms with van der Waals surface area (Å²) < 4.78 is 41.9. The summed E-state index contributed by atoms with van der Waals surface area (Å²) >= 11 is 0. The fourth-order valence-electron chi connectivity index (χ4n) is 4.86. The minimum atomic E-state index is -0.679. The molecular weight excluding hydrogens is 442 g/mol. The molecule has 10 heteroatoms. The molecule has 3 aromatic rings. The van der Waals surface area contributed by atoms with Gasteiger partial charge in [0.15, 0.2) is 5.65 Å². The van der Waals surface area contributed by atoms with E-state index in [2.05, 4.69) is 20.6 Å². The second-order valence-electron chi connectivity index (χ2n) is 8.85. The van der Waals surface area contributed by atoms with Gasteiger partial charge in [-0.2, -0.15) is 4.98 Å². The summed E-state index contributed by atoms with van der Waals surface area (Å²) in [4.78, 5) is 13.8. The molecule has 1 aromatic carbocycles. The summed E-state index contributed by atoms with van der Waals surface area (Å²) in [5, 5.41) is 6.33. The van der Waals surface area contributed by atoms with Gasteiger partial charge >= 0.3 is 0 Å². The largest absolute Gasteiger partial charge is 0.381 e. The Morgan fingerprint density at radius 2 is 1.79 bits per heavy atom. The molecule has 2 aromatic heterocycles. The Hall–Kier alpha value is -2.85. The Balaban J connectivity index is 1.44. The fraction of sp³-hybridized carbons (Fsp3) is 0.542. The van der Waals surface area contributed by atoms with Gasteiger partial charge in [0.25, 0.3) is 0 Å². The molecule has 1 saturated carbocycles. The number of ether oxygens (including phenoxy) is 2. The zero-order valence-electron chi connectivity index (χ0n) is 19.3. The number of fused-ring (bicyclic) bond motifs is 1. The molecule has 0 amide bonds. The molecule has 5 rings (SSSR count). The van der Waals surface area contributed by atoms with E-state index in [9.17, 15) is 8.78 Å². The van der Waals surface area contributed by atoms with Gasteiger partial charge in [0.1, 0.15) is 22.8 Å². The van der Waals surface area contributed by atoms with Gasteiger partial charge in [-0.05, 0) is 57.6 Å². The summed E-state index contributed by atoms with van der Waals surface area (Å²) in [5.74, 6) is -0.484. The zero-order chi connectivity index (χ0) is 23.5. The van der Waals surface area contributed by atoms with Gasteiger partial charge in [-0.25, -0.2) is 18.7 Å². The average Bonchev–Trinajstić information content (AvgIpc) is 3.21. The zero-order valence-corrected chi connectivity index (χ0v) is 19.3. The highest BCUT2D eigenvalue weighted by Gasteiger charge is 2.26. The molecule has 0 spiro atoms. The van der Waals surface area contributed by atoms with E-state index in [-0.39, 0.29) is 17.8 Å². The van der Waals surface area contributed by atoms with Crippen LogP contribution in [0.2, 0.25) is 0 Å². The third kappa shape index (κ3) is 4.83. The Kier molecular flexibility index (Phi) is 6.87. The number of para-hydroxylation sites is 1. The first-order valence-electron chi connectivity index (χ1n) is 12.0. The third-order valence-electron chi connectivity index (χ3n) is 6.60. The van der Waals surface area contributed by atoms with Crippen LogP contribution in [0.3, 0.4) is 0 Å². The predicted molar refractivity (Wildman–Crippen MR) is 125 cm³/mol. The van der Waals surface area contributed by atoms with Gasteiger partial charge in [-0.15, -0.1) is 0 Å². The second-order valence-corrected chi connectivity index (χ2v) is 8.85. The number of benzene rings is 1. The van der Waals surface area contributed by atoms with E-state index in [0.717, 1.165) is 45.1 Å². The Labute approximate surface area is 197 Å². The molecule has 2 aliphatic rings. The number of anilines is 3. The highest BCUT2D eigenvalue weighted by molar-refractivity contribution is 5.76. The van der Waals surface area contributed by atoms with Crippen molar-refractivity contribution in [2.75, 3.05) is 30.5 Å². The number of aromatic nitrogens is 4. The summed E-state index contributed by atoms with van der Waals surface area (Å²) in [5.41, 5.74) is 0.964. The molecule has 0 unspecified atom stereocenters. The first kappa shape index (κ1) is 22.9. The molecule has 182 valence electrons. The van der Waals surface area contributed by atoms with Crippen molar-refractivity contribution in [2.24, 2.45) is 0 Å². The summed E-state index contributed by atoms with van der Waals surface area (Å²) in [6.07, 6.45) is 7.51. The maximum Gasteiger partial charge on any atom is 0.224 e. The van der Waals surface area contributed by atoms with Crippen LogP contribution in [0.1, 0.15) is 51.5 Å². The standard InChI is InChI=1S/C24H30F2N6O2/c1-2-34-17-8-6-15(7-9-17)28-23-27-14-20-22(31-23)32(16-10-12-33-13-11-16)24(29-20)30-21-18(25)4-3-5-19(21)26/h3-5,14-17H,2,6-13H2,1H3,(H,29,30)(H,27,28,31). The van der Waals surface area contributed by atoms with Crippen LogP contribution in [0.15, 0.2) is 24.4 Å².